The summed E-state index contributed by atoms with van der Waals surface area (Å²) in [6.45, 7) is 6.65. The van der Waals surface area contributed by atoms with E-state index in [0.717, 1.165) is 25.9 Å². The van der Waals surface area contributed by atoms with Gasteiger partial charge in [-0.15, -0.1) is 12.4 Å². The van der Waals surface area contributed by atoms with Crippen LogP contribution >= 0.6 is 12.4 Å². The van der Waals surface area contributed by atoms with Crippen LogP contribution in [0.1, 0.15) is 31.4 Å². The van der Waals surface area contributed by atoms with Crippen LogP contribution in [0.5, 0.6) is 0 Å². The normalized spacial score (nSPS) is 21.4. The summed E-state index contributed by atoms with van der Waals surface area (Å²) in [4.78, 5) is 14.3. The first kappa shape index (κ1) is 17.0. The zero-order chi connectivity index (χ0) is 13.9. The van der Waals surface area contributed by atoms with E-state index in [0.29, 0.717) is 6.54 Å². The molecule has 1 aromatic carbocycles. The van der Waals surface area contributed by atoms with Crippen LogP contribution in [-0.4, -0.2) is 30.9 Å². The maximum atomic E-state index is 12.5. The quantitative estimate of drug-likeness (QED) is 0.926. The Balaban J connectivity index is 0.00000200. The van der Waals surface area contributed by atoms with Crippen LogP contribution in [0.15, 0.2) is 24.3 Å². The highest BCUT2D eigenvalue weighted by atomic mass is 35.5. The molecule has 0 radical (unpaired) electrons. The predicted octanol–water partition coefficient (Wildman–Crippen LogP) is 2.63. The summed E-state index contributed by atoms with van der Waals surface area (Å²) in [6, 6.07) is 8.54. The minimum atomic E-state index is -0.224. The SMILES string of the molecule is CCc1ccc(CN(C)C(=O)C2(C)CCNC2)cc1.Cl. The van der Waals surface area contributed by atoms with Crippen LogP contribution < -0.4 is 5.32 Å². The number of aryl methyl sites for hydroxylation is 1. The second kappa shape index (κ2) is 7.09. The average molecular weight is 297 g/mol. The van der Waals surface area contributed by atoms with Crippen molar-refractivity contribution in [2.24, 2.45) is 5.41 Å². The molecule has 0 aliphatic carbocycles. The Hall–Kier alpha value is -1.06. The van der Waals surface area contributed by atoms with Gasteiger partial charge < -0.3 is 10.2 Å². The lowest BCUT2D eigenvalue weighted by Crippen LogP contribution is -2.41. The van der Waals surface area contributed by atoms with Gasteiger partial charge in [0.25, 0.3) is 0 Å². The molecule has 1 fully saturated rings. The molecule has 1 unspecified atom stereocenters. The number of nitrogens with one attached hydrogen (secondary N) is 1. The maximum absolute atomic E-state index is 12.5. The van der Waals surface area contributed by atoms with E-state index in [9.17, 15) is 4.79 Å². The number of carbonyl (C=O) groups is 1. The number of halogens is 1. The van der Waals surface area contributed by atoms with Gasteiger partial charge in [0, 0.05) is 20.1 Å². The number of hydrogen-bond donors (Lipinski definition) is 1. The van der Waals surface area contributed by atoms with Gasteiger partial charge in [-0.1, -0.05) is 31.2 Å². The Morgan fingerprint density at radius 3 is 2.40 bits per heavy atom. The summed E-state index contributed by atoms with van der Waals surface area (Å²) in [5.41, 5.74) is 2.31. The number of hydrogen-bond acceptors (Lipinski definition) is 2. The molecule has 2 rings (SSSR count). The van der Waals surface area contributed by atoms with Gasteiger partial charge in [-0.3, -0.25) is 4.79 Å². The third-order valence-corrected chi connectivity index (χ3v) is 4.08. The van der Waals surface area contributed by atoms with Crippen molar-refractivity contribution in [1.29, 1.82) is 0 Å². The van der Waals surface area contributed by atoms with Crippen LogP contribution in [0.2, 0.25) is 0 Å². The maximum Gasteiger partial charge on any atom is 0.229 e. The van der Waals surface area contributed by atoms with E-state index < -0.39 is 0 Å². The van der Waals surface area contributed by atoms with Gasteiger partial charge in [-0.2, -0.15) is 0 Å². The van der Waals surface area contributed by atoms with Crippen molar-refractivity contribution in [3.63, 3.8) is 0 Å². The Morgan fingerprint density at radius 1 is 1.30 bits per heavy atom. The Kier molecular flexibility index (Phi) is 6.03. The molecule has 0 spiro atoms. The smallest absolute Gasteiger partial charge is 0.229 e. The van der Waals surface area contributed by atoms with Crippen molar-refractivity contribution in [1.82, 2.24) is 10.2 Å². The monoisotopic (exact) mass is 296 g/mol. The number of benzene rings is 1. The van der Waals surface area contributed by atoms with E-state index >= 15 is 0 Å². The van der Waals surface area contributed by atoms with E-state index in [1.54, 1.807) is 0 Å². The van der Waals surface area contributed by atoms with Crippen molar-refractivity contribution in [2.45, 2.75) is 33.2 Å². The highest BCUT2D eigenvalue weighted by Crippen LogP contribution is 2.27. The molecular formula is C16H25ClN2O. The van der Waals surface area contributed by atoms with Crippen LogP contribution in [-0.2, 0) is 17.8 Å². The summed E-state index contributed by atoms with van der Waals surface area (Å²) in [5, 5.41) is 3.28. The Labute approximate surface area is 128 Å². The summed E-state index contributed by atoms with van der Waals surface area (Å²) in [7, 11) is 1.90. The van der Waals surface area contributed by atoms with Crippen LogP contribution in [0.25, 0.3) is 0 Å². The van der Waals surface area contributed by atoms with E-state index in [-0.39, 0.29) is 23.7 Å². The van der Waals surface area contributed by atoms with Crippen LogP contribution in [0.4, 0.5) is 0 Å². The van der Waals surface area contributed by atoms with Gasteiger partial charge in [0.1, 0.15) is 0 Å². The third-order valence-electron chi connectivity index (χ3n) is 4.08. The highest BCUT2D eigenvalue weighted by Gasteiger charge is 2.38. The molecule has 3 nitrogen and oxygen atoms in total. The fourth-order valence-corrected chi connectivity index (χ4v) is 2.69. The molecular weight excluding hydrogens is 272 g/mol. The fraction of sp³-hybridized carbons (Fsp3) is 0.562. The van der Waals surface area contributed by atoms with Crippen LogP contribution in [0.3, 0.4) is 0 Å². The van der Waals surface area contributed by atoms with Crippen molar-refractivity contribution >= 4 is 18.3 Å². The van der Waals surface area contributed by atoms with Crippen molar-refractivity contribution in [2.75, 3.05) is 20.1 Å². The van der Waals surface area contributed by atoms with Gasteiger partial charge in [0.05, 0.1) is 5.41 Å². The van der Waals surface area contributed by atoms with Gasteiger partial charge in [0.15, 0.2) is 0 Å². The molecule has 0 bridgehead atoms. The van der Waals surface area contributed by atoms with Crippen molar-refractivity contribution in [3.8, 4) is 0 Å². The second-order valence-electron chi connectivity index (χ2n) is 5.82. The molecule has 1 aliphatic rings. The number of amides is 1. The summed E-state index contributed by atoms with van der Waals surface area (Å²) in [5.74, 6) is 0.247. The number of nitrogens with zero attached hydrogens (tertiary/aromatic N) is 1. The first-order chi connectivity index (χ1) is 9.05. The van der Waals surface area contributed by atoms with E-state index in [1.807, 2.05) is 11.9 Å². The molecule has 4 heteroatoms. The van der Waals surface area contributed by atoms with Crippen LogP contribution in [0, 0.1) is 5.41 Å². The van der Waals surface area contributed by atoms with Gasteiger partial charge >= 0.3 is 0 Å². The Bertz CT molecular complexity index is 438. The van der Waals surface area contributed by atoms with Crippen molar-refractivity contribution in [3.05, 3.63) is 35.4 Å². The topological polar surface area (TPSA) is 32.3 Å². The molecule has 1 aliphatic heterocycles. The van der Waals surface area contributed by atoms with E-state index in [2.05, 4.69) is 43.4 Å². The molecule has 1 aromatic rings. The molecule has 1 saturated heterocycles. The zero-order valence-electron chi connectivity index (χ0n) is 12.6. The predicted molar refractivity (Wildman–Crippen MR) is 85.1 cm³/mol. The summed E-state index contributed by atoms with van der Waals surface area (Å²) < 4.78 is 0. The Morgan fingerprint density at radius 2 is 1.90 bits per heavy atom. The molecule has 1 N–H and O–H groups in total. The minimum Gasteiger partial charge on any atom is -0.341 e. The molecule has 1 heterocycles. The first-order valence-electron chi connectivity index (χ1n) is 7.09. The lowest BCUT2D eigenvalue weighted by atomic mass is 9.88. The highest BCUT2D eigenvalue weighted by molar-refractivity contribution is 5.85. The zero-order valence-corrected chi connectivity index (χ0v) is 13.4. The number of carbonyl (C=O) groups excluding carboxylic acids is 1. The van der Waals surface area contributed by atoms with Crippen molar-refractivity contribution < 1.29 is 4.79 Å². The summed E-state index contributed by atoms with van der Waals surface area (Å²) in [6.07, 6.45) is 1.99. The number of rotatable bonds is 4. The summed E-state index contributed by atoms with van der Waals surface area (Å²) >= 11 is 0. The fourth-order valence-electron chi connectivity index (χ4n) is 2.69. The third kappa shape index (κ3) is 3.74. The molecule has 0 saturated carbocycles. The van der Waals surface area contributed by atoms with Gasteiger partial charge in [0.2, 0.25) is 5.91 Å². The standard InChI is InChI=1S/C16H24N2O.ClH/c1-4-13-5-7-14(8-6-13)11-18(3)15(19)16(2)9-10-17-12-16;/h5-8,17H,4,9-12H2,1-3H3;1H. The molecule has 1 atom stereocenters. The largest absolute Gasteiger partial charge is 0.341 e. The molecule has 20 heavy (non-hydrogen) atoms. The van der Waals surface area contributed by atoms with E-state index in [4.69, 9.17) is 0 Å². The first-order valence-corrected chi connectivity index (χ1v) is 7.09. The lowest BCUT2D eigenvalue weighted by Gasteiger charge is -2.28. The molecule has 1 amide bonds. The lowest BCUT2D eigenvalue weighted by molar-refractivity contribution is -0.139. The van der Waals surface area contributed by atoms with Gasteiger partial charge in [-0.05, 0) is 37.4 Å². The minimum absolute atomic E-state index is 0. The molecule has 0 aromatic heterocycles. The average Bonchev–Trinajstić information content (AvgIpc) is 2.87. The second-order valence-corrected chi connectivity index (χ2v) is 5.82. The molecule has 112 valence electrons. The van der Waals surface area contributed by atoms with E-state index in [1.165, 1.54) is 11.1 Å². The van der Waals surface area contributed by atoms with Gasteiger partial charge in [-0.25, -0.2) is 0 Å².